The van der Waals surface area contributed by atoms with E-state index >= 15 is 0 Å². The molecule has 27 heavy (non-hydrogen) atoms. The van der Waals surface area contributed by atoms with Gasteiger partial charge < -0.3 is 15.0 Å². The van der Waals surface area contributed by atoms with Crippen molar-refractivity contribution in [1.82, 2.24) is 15.2 Å². The van der Waals surface area contributed by atoms with Gasteiger partial charge in [-0.25, -0.2) is 0 Å². The van der Waals surface area contributed by atoms with E-state index in [0.29, 0.717) is 12.6 Å². The Morgan fingerprint density at radius 3 is 2.56 bits per heavy atom. The minimum absolute atomic E-state index is 0.480. The third-order valence-corrected chi connectivity index (χ3v) is 4.14. The molecule has 3 rings (SSSR count). The van der Waals surface area contributed by atoms with Gasteiger partial charge in [0.15, 0.2) is 5.82 Å². The third kappa shape index (κ3) is 5.67. The Hall–Kier alpha value is -3.15. The minimum Gasteiger partial charge on any atom is -0.489 e. The maximum Gasteiger partial charge on any atom is 0.249 e. The highest BCUT2D eigenvalue weighted by Crippen LogP contribution is 2.20. The summed E-state index contributed by atoms with van der Waals surface area (Å²) in [5, 5.41) is 11.3. The number of ether oxygens (including phenoxy) is 1. The number of aromatic nitrogens is 3. The second-order valence-corrected chi connectivity index (χ2v) is 6.34. The Bertz CT molecular complexity index is 823. The van der Waals surface area contributed by atoms with E-state index in [-0.39, 0.29) is 0 Å². The number of hydrogen-bond donors (Lipinski definition) is 1. The summed E-state index contributed by atoms with van der Waals surface area (Å²) in [6, 6.07) is 17.8. The van der Waals surface area contributed by atoms with Crippen molar-refractivity contribution in [2.24, 2.45) is 0 Å². The molecule has 1 heterocycles. The molecular weight excluding hydrogens is 338 g/mol. The maximum absolute atomic E-state index is 5.81. The molecule has 140 valence electrons. The summed E-state index contributed by atoms with van der Waals surface area (Å²) in [6.45, 7) is 3.67. The van der Waals surface area contributed by atoms with Crippen LogP contribution in [0.2, 0.25) is 0 Å². The van der Waals surface area contributed by atoms with E-state index < -0.39 is 0 Å². The van der Waals surface area contributed by atoms with Gasteiger partial charge in [0.1, 0.15) is 12.4 Å². The van der Waals surface area contributed by atoms with Crippen molar-refractivity contribution >= 4 is 17.5 Å². The molecule has 3 aromatic rings. The van der Waals surface area contributed by atoms with Gasteiger partial charge >= 0.3 is 0 Å². The van der Waals surface area contributed by atoms with Crippen LogP contribution < -0.4 is 15.0 Å². The van der Waals surface area contributed by atoms with Gasteiger partial charge in [0.2, 0.25) is 5.95 Å². The van der Waals surface area contributed by atoms with E-state index in [1.165, 1.54) is 0 Å². The number of rotatable bonds is 9. The van der Waals surface area contributed by atoms with E-state index in [0.717, 1.165) is 42.2 Å². The first-order valence-corrected chi connectivity index (χ1v) is 9.19. The molecule has 0 spiro atoms. The summed E-state index contributed by atoms with van der Waals surface area (Å²) in [7, 11) is 2.02. The summed E-state index contributed by atoms with van der Waals surface area (Å²) < 4.78 is 5.81. The monoisotopic (exact) mass is 363 g/mol. The predicted octanol–water partition coefficient (Wildman–Crippen LogP) is 4.43. The number of hydrogen-bond acceptors (Lipinski definition) is 6. The number of unbranched alkanes of at least 4 members (excludes halogenated alkanes) is 1. The summed E-state index contributed by atoms with van der Waals surface area (Å²) >= 11 is 0. The fourth-order valence-electron chi connectivity index (χ4n) is 2.55. The Kier molecular flexibility index (Phi) is 6.57. The lowest BCUT2D eigenvalue weighted by molar-refractivity contribution is 0.306. The highest BCUT2D eigenvalue weighted by molar-refractivity contribution is 5.55. The molecule has 0 unspecified atom stereocenters. The zero-order chi connectivity index (χ0) is 18.9. The van der Waals surface area contributed by atoms with E-state index in [1.807, 2.05) is 61.6 Å². The Morgan fingerprint density at radius 2 is 1.81 bits per heavy atom. The van der Waals surface area contributed by atoms with Gasteiger partial charge in [-0.15, -0.1) is 5.10 Å². The lowest BCUT2D eigenvalue weighted by atomic mass is 10.2. The molecule has 0 amide bonds. The largest absolute Gasteiger partial charge is 0.489 e. The van der Waals surface area contributed by atoms with Crippen LogP contribution in [-0.2, 0) is 6.61 Å². The number of nitrogens with zero attached hydrogens (tertiary/aromatic N) is 4. The molecule has 6 heteroatoms. The van der Waals surface area contributed by atoms with Crippen LogP contribution in [0.3, 0.4) is 0 Å². The number of benzene rings is 2. The average Bonchev–Trinajstić information content (AvgIpc) is 2.72. The molecule has 0 aliphatic rings. The van der Waals surface area contributed by atoms with Gasteiger partial charge in [0.05, 0.1) is 6.20 Å². The molecule has 0 saturated carbocycles. The van der Waals surface area contributed by atoms with Gasteiger partial charge in [0, 0.05) is 19.3 Å². The average molecular weight is 363 g/mol. The fourth-order valence-corrected chi connectivity index (χ4v) is 2.55. The smallest absolute Gasteiger partial charge is 0.249 e. The summed E-state index contributed by atoms with van der Waals surface area (Å²) in [5.74, 6) is 2.11. The van der Waals surface area contributed by atoms with Gasteiger partial charge in [-0.1, -0.05) is 43.7 Å². The number of anilines is 3. The lowest BCUT2D eigenvalue weighted by Crippen LogP contribution is -2.20. The Balaban J connectivity index is 1.58. The second kappa shape index (κ2) is 9.52. The first-order chi connectivity index (χ1) is 13.2. The van der Waals surface area contributed by atoms with Gasteiger partial charge in [-0.05, 0) is 36.2 Å². The van der Waals surface area contributed by atoms with Crippen LogP contribution in [0.1, 0.15) is 25.3 Å². The first kappa shape index (κ1) is 18.6. The molecule has 0 aliphatic heterocycles. The van der Waals surface area contributed by atoms with E-state index in [1.54, 1.807) is 6.20 Å². The summed E-state index contributed by atoms with van der Waals surface area (Å²) in [6.07, 6.45) is 3.95. The highest BCUT2D eigenvalue weighted by atomic mass is 16.5. The second-order valence-electron chi connectivity index (χ2n) is 6.34. The lowest BCUT2D eigenvalue weighted by Gasteiger charge is -2.17. The van der Waals surface area contributed by atoms with Crippen LogP contribution in [0, 0.1) is 0 Å². The van der Waals surface area contributed by atoms with Crippen molar-refractivity contribution in [3.8, 4) is 5.75 Å². The molecule has 0 fully saturated rings. The van der Waals surface area contributed by atoms with Crippen molar-refractivity contribution < 1.29 is 4.74 Å². The molecule has 0 aliphatic carbocycles. The molecule has 1 aromatic heterocycles. The van der Waals surface area contributed by atoms with Crippen LogP contribution >= 0.6 is 0 Å². The van der Waals surface area contributed by atoms with Crippen LogP contribution in [-0.4, -0.2) is 28.8 Å². The molecule has 0 bridgehead atoms. The topological polar surface area (TPSA) is 63.2 Å². The van der Waals surface area contributed by atoms with Crippen molar-refractivity contribution in [1.29, 1.82) is 0 Å². The van der Waals surface area contributed by atoms with E-state index in [4.69, 9.17) is 4.74 Å². The standard InChI is InChI=1S/C21H25N5O/c1-3-4-14-26(2)20-15-22-25-21(24-20)23-18-10-12-19(13-11-18)27-16-17-8-6-5-7-9-17/h5-13,15H,3-4,14,16H2,1-2H3,(H,23,24,25). The molecule has 0 atom stereocenters. The molecule has 2 aromatic carbocycles. The van der Waals surface area contributed by atoms with E-state index in [2.05, 4.69) is 32.3 Å². The SMILES string of the molecule is CCCCN(C)c1cnnc(Nc2ccc(OCc3ccccc3)cc2)n1. The third-order valence-electron chi connectivity index (χ3n) is 4.14. The van der Waals surface area contributed by atoms with Crippen LogP contribution in [0.25, 0.3) is 0 Å². The van der Waals surface area contributed by atoms with Crippen molar-refractivity contribution in [3.63, 3.8) is 0 Å². The maximum atomic E-state index is 5.81. The quantitative estimate of drug-likeness (QED) is 0.607. The predicted molar refractivity (Wildman–Crippen MR) is 109 cm³/mol. The molecule has 0 saturated heterocycles. The molecule has 0 radical (unpaired) electrons. The van der Waals surface area contributed by atoms with Crippen molar-refractivity contribution in [2.75, 3.05) is 23.8 Å². The van der Waals surface area contributed by atoms with Crippen LogP contribution in [0.4, 0.5) is 17.5 Å². The van der Waals surface area contributed by atoms with Crippen LogP contribution in [0.5, 0.6) is 5.75 Å². The molecule has 6 nitrogen and oxygen atoms in total. The molecular formula is C21H25N5O. The number of nitrogens with one attached hydrogen (secondary N) is 1. The normalized spacial score (nSPS) is 10.4. The van der Waals surface area contributed by atoms with Crippen LogP contribution in [0.15, 0.2) is 60.8 Å². The van der Waals surface area contributed by atoms with Gasteiger partial charge in [0.25, 0.3) is 0 Å². The van der Waals surface area contributed by atoms with Gasteiger partial charge in [-0.2, -0.15) is 10.1 Å². The zero-order valence-corrected chi connectivity index (χ0v) is 15.8. The van der Waals surface area contributed by atoms with Crippen molar-refractivity contribution in [2.45, 2.75) is 26.4 Å². The summed E-state index contributed by atoms with van der Waals surface area (Å²) in [5.41, 5.74) is 2.03. The van der Waals surface area contributed by atoms with Crippen molar-refractivity contribution in [3.05, 3.63) is 66.4 Å². The zero-order valence-electron chi connectivity index (χ0n) is 15.8. The fraction of sp³-hybridized carbons (Fsp3) is 0.286. The van der Waals surface area contributed by atoms with E-state index in [9.17, 15) is 0 Å². The summed E-state index contributed by atoms with van der Waals surface area (Å²) in [4.78, 5) is 6.62. The van der Waals surface area contributed by atoms with Gasteiger partial charge in [-0.3, -0.25) is 0 Å². The first-order valence-electron chi connectivity index (χ1n) is 9.19. The minimum atomic E-state index is 0.480. The Morgan fingerprint density at radius 1 is 1.04 bits per heavy atom. The Labute approximate surface area is 160 Å². The highest BCUT2D eigenvalue weighted by Gasteiger charge is 2.06. The molecule has 1 N–H and O–H groups in total.